The van der Waals surface area contributed by atoms with Crippen molar-refractivity contribution in [1.29, 1.82) is 0 Å². The molecule has 0 fully saturated rings. The van der Waals surface area contributed by atoms with E-state index in [0.29, 0.717) is 5.82 Å². The van der Waals surface area contributed by atoms with Crippen molar-refractivity contribution in [3.05, 3.63) is 194 Å². The fourth-order valence-electron chi connectivity index (χ4n) is 7.87. The van der Waals surface area contributed by atoms with Crippen LogP contribution in [0.2, 0.25) is 0 Å². The molecular formula is C50H32N2. The van der Waals surface area contributed by atoms with Gasteiger partial charge < -0.3 is 0 Å². The van der Waals surface area contributed by atoms with Crippen molar-refractivity contribution in [3.63, 3.8) is 0 Å². The normalized spacial score (nSPS) is 11.5. The molecule has 2 heteroatoms. The Bertz CT molecular complexity index is 2950. The van der Waals surface area contributed by atoms with E-state index in [9.17, 15) is 0 Å². The van der Waals surface area contributed by atoms with Gasteiger partial charge in [-0.3, -0.25) is 0 Å². The molecule has 0 spiro atoms. The Hall–Kier alpha value is -6.90. The van der Waals surface area contributed by atoms with Gasteiger partial charge >= 0.3 is 0 Å². The van der Waals surface area contributed by atoms with Gasteiger partial charge in [-0.2, -0.15) is 0 Å². The average Bonchev–Trinajstić information content (AvgIpc) is 3.23. The van der Waals surface area contributed by atoms with Crippen molar-refractivity contribution in [2.75, 3.05) is 0 Å². The summed E-state index contributed by atoms with van der Waals surface area (Å²) in [6.07, 6.45) is 0. The highest BCUT2D eigenvalue weighted by atomic mass is 14.9. The first-order valence-electron chi connectivity index (χ1n) is 17.8. The molecular weight excluding hydrogens is 629 g/mol. The van der Waals surface area contributed by atoms with Crippen LogP contribution in [-0.2, 0) is 0 Å². The van der Waals surface area contributed by atoms with E-state index >= 15 is 0 Å². The van der Waals surface area contributed by atoms with Gasteiger partial charge in [-0.1, -0.05) is 182 Å². The minimum absolute atomic E-state index is 0.700. The quantitative estimate of drug-likeness (QED) is 0.136. The van der Waals surface area contributed by atoms with Crippen molar-refractivity contribution >= 4 is 43.1 Å². The van der Waals surface area contributed by atoms with E-state index in [1.54, 1.807) is 0 Å². The summed E-state index contributed by atoms with van der Waals surface area (Å²) in [5, 5.41) is 9.61. The zero-order chi connectivity index (χ0) is 34.4. The molecule has 0 unspecified atom stereocenters. The molecule has 2 nitrogen and oxygen atoms in total. The van der Waals surface area contributed by atoms with Crippen LogP contribution in [0.25, 0.3) is 99.2 Å². The predicted molar refractivity (Wildman–Crippen MR) is 219 cm³/mol. The van der Waals surface area contributed by atoms with Crippen LogP contribution < -0.4 is 0 Å². The predicted octanol–water partition coefficient (Wildman–Crippen LogP) is 13.4. The summed E-state index contributed by atoms with van der Waals surface area (Å²) in [7, 11) is 0. The summed E-state index contributed by atoms with van der Waals surface area (Å²) in [4.78, 5) is 10.8. The third-order valence-electron chi connectivity index (χ3n) is 10.3. The van der Waals surface area contributed by atoms with Gasteiger partial charge in [0.15, 0.2) is 5.82 Å². The molecule has 0 atom stereocenters. The Balaban J connectivity index is 1.32. The summed E-state index contributed by atoms with van der Waals surface area (Å²) < 4.78 is 0. The third kappa shape index (κ3) is 5.04. The SMILES string of the molecule is c1ccc(-c2nc(-c3ccccc3-c3ccc4ccccc4c3)cc(-c3c4ccccc4c(-c4ccccc4)c4ccc5ccccc5c34)n2)cc1. The molecule has 0 amide bonds. The molecule has 1 heterocycles. The molecule has 0 bridgehead atoms. The maximum Gasteiger partial charge on any atom is 0.160 e. The lowest BCUT2D eigenvalue weighted by Crippen LogP contribution is -1.99. The van der Waals surface area contributed by atoms with Crippen molar-refractivity contribution in [3.8, 4) is 56.2 Å². The second-order valence-corrected chi connectivity index (χ2v) is 13.3. The number of nitrogens with zero attached hydrogens (tertiary/aromatic N) is 2. The minimum Gasteiger partial charge on any atom is -0.228 e. The highest BCUT2D eigenvalue weighted by Crippen LogP contribution is 2.46. The Morgan fingerprint density at radius 3 is 1.62 bits per heavy atom. The molecule has 10 rings (SSSR count). The smallest absolute Gasteiger partial charge is 0.160 e. The standard InChI is InChI=1S/C50H32N2/c1-3-17-35(18-4-1)47-42-25-13-14-26-43(42)49(48-40-23-10-9-16-34(40)29-30-44(47)48)46-32-45(51-50(52-46)36-19-5-2-6-20-36)41-24-12-11-22-39(41)38-28-27-33-15-7-8-21-37(33)31-38/h1-32H. The van der Waals surface area contributed by atoms with E-state index in [2.05, 4.69) is 188 Å². The summed E-state index contributed by atoms with van der Waals surface area (Å²) >= 11 is 0. The van der Waals surface area contributed by atoms with Gasteiger partial charge in [-0.25, -0.2) is 9.97 Å². The molecule has 1 aromatic heterocycles. The molecule has 0 saturated carbocycles. The van der Waals surface area contributed by atoms with E-state index in [4.69, 9.17) is 9.97 Å². The second-order valence-electron chi connectivity index (χ2n) is 13.3. The lowest BCUT2D eigenvalue weighted by atomic mass is 9.85. The summed E-state index contributed by atoms with van der Waals surface area (Å²) in [5.74, 6) is 0.700. The van der Waals surface area contributed by atoms with Crippen LogP contribution in [0.3, 0.4) is 0 Å². The van der Waals surface area contributed by atoms with Crippen LogP contribution in [0, 0.1) is 0 Å². The number of fused-ring (bicyclic) bond motifs is 5. The van der Waals surface area contributed by atoms with Crippen LogP contribution in [0.1, 0.15) is 0 Å². The van der Waals surface area contributed by atoms with E-state index in [-0.39, 0.29) is 0 Å². The molecule has 242 valence electrons. The first kappa shape index (κ1) is 30.0. The van der Waals surface area contributed by atoms with Crippen LogP contribution in [0.5, 0.6) is 0 Å². The highest BCUT2D eigenvalue weighted by molar-refractivity contribution is 6.27. The van der Waals surface area contributed by atoms with Gasteiger partial charge in [0.25, 0.3) is 0 Å². The zero-order valence-electron chi connectivity index (χ0n) is 28.4. The number of benzene rings is 9. The number of hydrogen-bond donors (Lipinski definition) is 0. The van der Waals surface area contributed by atoms with Crippen molar-refractivity contribution in [2.45, 2.75) is 0 Å². The summed E-state index contributed by atoms with van der Waals surface area (Å²) in [6.45, 7) is 0. The Kier molecular flexibility index (Phi) is 7.18. The Morgan fingerprint density at radius 1 is 0.288 bits per heavy atom. The van der Waals surface area contributed by atoms with E-state index in [0.717, 1.165) is 44.6 Å². The number of hydrogen-bond acceptors (Lipinski definition) is 2. The largest absolute Gasteiger partial charge is 0.228 e. The fourth-order valence-corrected chi connectivity index (χ4v) is 7.87. The summed E-state index contributed by atoms with van der Waals surface area (Å²) in [5.41, 5.74) is 9.67. The molecule has 0 aliphatic heterocycles. The Morgan fingerprint density at radius 2 is 0.846 bits per heavy atom. The maximum absolute atomic E-state index is 5.44. The van der Waals surface area contributed by atoms with E-state index in [1.165, 1.54) is 48.8 Å². The van der Waals surface area contributed by atoms with E-state index in [1.807, 2.05) is 6.07 Å². The van der Waals surface area contributed by atoms with Gasteiger partial charge in [-0.15, -0.1) is 0 Å². The molecule has 10 aromatic rings. The molecule has 0 saturated heterocycles. The maximum atomic E-state index is 5.44. The van der Waals surface area contributed by atoms with Crippen LogP contribution in [0.4, 0.5) is 0 Å². The number of aromatic nitrogens is 2. The lowest BCUT2D eigenvalue weighted by Gasteiger charge is -2.20. The topological polar surface area (TPSA) is 25.8 Å². The molecule has 0 N–H and O–H groups in total. The summed E-state index contributed by atoms with van der Waals surface area (Å²) in [6, 6.07) is 69.3. The van der Waals surface area contributed by atoms with Gasteiger partial charge in [0.2, 0.25) is 0 Å². The highest BCUT2D eigenvalue weighted by Gasteiger charge is 2.22. The van der Waals surface area contributed by atoms with Crippen LogP contribution >= 0.6 is 0 Å². The van der Waals surface area contributed by atoms with Gasteiger partial charge in [-0.05, 0) is 72.1 Å². The molecule has 52 heavy (non-hydrogen) atoms. The van der Waals surface area contributed by atoms with Crippen molar-refractivity contribution < 1.29 is 0 Å². The van der Waals surface area contributed by atoms with Gasteiger partial charge in [0.1, 0.15) is 0 Å². The van der Waals surface area contributed by atoms with Crippen molar-refractivity contribution in [2.24, 2.45) is 0 Å². The molecule has 0 radical (unpaired) electrons. The Labute approximate surface area is 302 Å². The lowest BCUT2D eigenvalue weighted by molar-refractivity contribution is 1.19. The van der Waals surface area contributed by atoms with Crippen LogP contribution in [0.15, 0.2) is 194 Å². The monoisotopic (exact) mass is 660 g/mol. The second kappa shape index (κ2) is 12.5. The minimum atomic E-state index is 0.700. The van der Waals surface area contributed by atoms with E-state index < -0.39 is 0 Å². The molecule has 0 aliphatic carbocycles. The molecule has 0 aliphatic rings. The third-order valence-corrected chi connectivity index (χ3v) is 10.3. The van der Waals surface area contributed by atoms with Gasteiger partial charge in [0.05, 0.1) is 11.4 Å². The molecule has 9 aromatic carbocycles. The number of rotatable bonds is 5. The van der Waals surface area contributed by atoms with Gasteiger partial charge in [0, 0.05) is 22.1 Å². The fraction of sp³-hybridized carbons (Fsp3) is 0. The van der Waals surface area contributed by atoms with Crippen LogP contribution in [-0.4, -0.2) is 9.97 Å². The first-order chi connectivity index (χ1) is 25.8. The average molecular weight is 661 g/mol. The zero-order valence-corrected chi connectivity index (χ0v) is 28.4. The van der Waals surface area contributed by atoms with Crippen molar-refractivity contribution in [1.82, 2.24) is 9.97 Å². The first-order valence-corrected chi connectivity index (χ1v) is 17.8.